The number of hydrogen-bond donors (Lipinski definition) is 1. The molecule has 1 aliphatic carbocycles. The van der Waals surface area contributed by atoms with E-state index in [1.165, 1.54) is 6.33 Å². The third-order valence-corrected chi connectivity index (χ3v) is 7.34. The highest BCUT2D eigenvalue weighted by atomic mass is 35.5. The number of rotatable bonds is 3. The number of benzene rings is 2. The lowest BCUT2D eigenvalue weighted by Gasteiger charge is -2.37. The summed E-state index contributed by atoms with van der Waals surface area (Å²) >= 11 is 6.76. The van der Waals surface area contributed by atoms with E-state index in [9.17, 15) is 9.90 Å². The molecule has 1 unspecified atom stereocenters. The van der Waals surface area contributed by atoms with E-state index in [-0.39, 0.29) is 17.3 Å². The van der Waals surface area contributed by atoms with E-state index in [4.69, 9.17) is 11.6 Å². The zero-order valence-corrected chi connectivity index (χ0v) is 20.6. The van der Waals surface area contributed by atoms with Gasteiger partial charge in [-0.1, -0.05) is 41.9 Å². The number of nitrogens with zero attached hydrogens (tertiary/aromatic N) is 4. The van der Waals surface area contributed by atoms with E-state index in [2.05, 4.69) is 9.97 Å². The minimum Gasteiger partial charge on any atom is -0.390 e. The van der Waals surface area contributed by atoms with Crippen LogP contribution in [0.15, 0.2) is 48.8 Å². The maximum absolute atomic E-state index is 16.1. The largest absolute Gasteiger partial charge is 0.390 e. The molecule has 1 saturated heterocycles. The van der Waals surface area contributed by atoms with E-state index in [1.54, 1.807) is 30.0 Å². The molecule has 182 valence electrons. The fourth-order valence-electron chi connectivity index (χ4n) is 5.41. The number of amides is 1. The molecule has 5 rings (SSSR count). The van der Waals surface area contributed by atoms with Gasteiger partial charge in [-0.3, -0.25) is 4.79 Å². The fraction of sp³-hybridized carbons (Fsp3) is 0.370. The number of allylic oxidation sites excluding steroid dienone is 1. The smallest absolute Gasteiger partial charge is 0.246 e. The standard InChI is InChI=1S/C27H28ClFN4O2/c1-3-6-22(34)32-9-11-33(12-10-32)26-19-13-21(28)23(24(29)25(19)30-16-31-26)20-15-27(2,35)14-17-7-4-5-8-18(17)20/h3-8,13,16,20,35H,9-12,14-15H2,1-2H3/b6-3+/t20-,27?/m0/s1. The third-order valence-electron chi connectivity index (χ3n) is 7.03. The summed E-state index contributed by atoms with van der Waals surface area (Å²) < 4.78 is 16.1. The zero-order chi connectivity index (χ0) is 24.7. The molecule has 3 aromatic rings. The second kappa shape index (κ2) is 9.21. The molecule has 0 saturated carbocycles. The molecule has 35 heavy (non-hydrogen) atoms. The Balaban J connectivity index is 1.53. The van der Waals surface area contributed by atoms with Gasteiger partial charge in [0.05, 0.1) is 5.60 Å². The van der Waals surface area contributed by atoms with Gasteiger partial charge in [-0.15, -0.1) is 0 Å². The Morgan fingerprint density at radius 3 is 2.71 bits per heavy atom. The molecule has 1 N–H and O–H groups in total. The first-order chi connectivity index (χ1) is 16.8. The second-order valence-corrected chi connectivity index (χ2v) is 10.0. The van der Waals surface area contributed by atoms with E-state index in [1.807, 2.05) is 36.1 Å². The number of carbonyl (C=O) groups is 1. The molecule has 0 spiro atoms. The lowest BCUT2D eigenvalue weighted by molar-refractivity contribution is -0.126. The third kappa shape index (κ3) is 4.39. The zero-order valence-electron chi connectivity index (χ0n) is 19.8. The quantitative estimate of drug-likeness (QED) is 0.544. The molecule has 0 radical (unpaired) electrons. The first-order valence-electron chi connectivity index (χ1n) is 11.9. The summed E-state index contributed by atoms with van der Waals surface area (Å²) in [6.45, 7) is 5.86. The second-order valence-electron chi connectivity index (χ2n) is 9.62. The number of hydrogen-bond acceptors (Lipinski definition) is 5. The van der Waals surface area contributed by atoms with Crippen LogP contribution in [0.4, 0.5) is 10.2 Å². The van der Waals surface area contributed by atoms with Gasteiger partial charge in [-0.2, -0.15) is 0 Å². The van der Waals surface area contributed by atoms with Gasteiger partial charge in [0, 0.05) is 54.5 Å². The van der Waals surface area contributed by atoms with Crippen LogP contribution >= 0.6 is 11.6 Å². The van der Waals surface area contributed by atoms with Crippen molar-refractivity contribution in [2.45, 2.75) is 38.2 Å². The summed E-state index contributed by atoms with van der Waals surface area (Å²) in [7, 11) is 0. The van der Waals surface area contributed by atoms with Crippen LogP contribution in [0.5, 0.6) is 0 Å². The van der Waals surface area contributed by atoms with E-state index in [0.29, 0.717) is 60.8 Å². The lowest BCUT2D eigenvalue weighted by atomic mass is 9.72. The van der Waals surface area contributed by atoms with Gasteiger partial charge < -0.3 is 14.9 Å². The molecule has 1 aromatic heterocycles. The van der Waals surface area contributed by atoms with Crippen LogP contribution in [-0.2, 0) is 11.2 Å². The minimum absolute atomic E-state index is 0.0120. The highest BCUT2D eigenvalue weighted by Crippen LogP contribution is 2.45. The highest BCUT2D eigenvalue weighted by Gasteiger charge is 2.37. The van der Waals surface area contributed by atoms with Crippen molar-refractivity contribution in [3.05, 3.63) is 76.3 Å². The first-order valence-corrected chi connectivity index (χ1v) is 12.3. The monoisotopic (exact) mass is 494 g/mol. The van der Waals surface area contributed by atoms with Crippen molar-refractivity contribution in [1.29, 1.82) is 0 Å². The van der Waals surface area contributed by atoms with Crippen LogP contribution in [0.3, 0.4) is 0 Å². The van der Waals surface area contributed by atoms with Crippen LogP contribution < -0.4 is 4.90 Å². The Kier molecular flexibility index (Phi) is 6.23. The van der Waals surface area contributed by atoms with Crippen molar-refractivity contribution in [2.24, 2.45) is 0 Å². The van der Waals surface area contributed by atoms with Crippen molar-refractivity contribution >= 4 is 34.2 Å². The Morgan fingerprint density at radius 1 is 1.23 bits per heavy atom. The number of fused-ring (bicyclic) bond motifs is 2. The molecule has 2 atom stereocenters. The summed E-state index contributed by atoms with van der Waals surface area (Å²) in [5, 5.41) is 11.8. The number of piperazine rings is 1. The maximum atomic E-state index is 16.1. The molecule has 2 aliphatic rings. The lowest BCUT2D eigenvalue weighted by Crippen LogP contribution is -2.48. The molecule has 2 aromatic carbocycles. The van der Waals surface area contributed by atoms with Crippen LogP contribution in [-0.4, -0.2) is 57.7 Å². The molecule has 1 fully saturated rings. The summed E-state index contributed by atoms with van der Waals surface area (Å²) in [5.41, 5.74) is 1.58. The van der Waals surface area contributed by atoms with Gasteiger partial charge >= 0.3 is 0 Å². The van der Waals surface area contributed by atoms with Gasteiger partial charge in [0.2, 0.25) is 5.91 Å². The van der Waals surface area contributed by atoms with Crippen molar-refractivity contribution in [2.75, 3.05) is 31.1 Å². The summed E-state index contributed by atoms with van der Waals surface area (Å²) in [6.07, 6.45) is 5.56. The molecule has 2 heterocycles. The summed E-state index contributed by atoms with van der Waals surface area (Å²) in [6, 6.07) is 9.56. The summed E-state index contributed by atoms with van der Waals surface area (Å²) in [4.78, 5) is 24.7. The predicted molar refractivity (Wildman–Crippen MR) is 135 cm³/mol. The Morgan fingerprint density at radius 2 is 1.97 bits per heavy atom. The predicted octanol–water partition coefficient (Wildman–Crippen LogP) is 4.48. The van der Waals surface area contributed by atoms with Gasteiger partial charge in [-0.05, 0) is 43.5 Å². The highest BCUT2D eigenvalue weighted by molar-refractivity contribution is 6.32. The Labute approximate surface area is 209 Å². The molecular weight excluding hydrogens is 467 g/mol. The molecule has 6 nitrogen and oxygen atoms in total. The molecule has 0 bridgehead atoms. The first kappa shape index (κ1) is 23.7. The van der Waals surface area contributed by atoms with E-state index < -0.39 is 11.4 Å². The Bertz CT molecular complexity index is 1320. The van der Waals surface area contributed by atoms with Gasteiger partial charge in [-0.25, -0.2) is 14.4 Å². The van der Waals surface area contributed by atoms with Crippen LogP contribution in [0.25, 0.3) is 10.9 Å². The maximum Gasteiger partial charge on any atom is 0.246 e. The van der Waals surface area contributed by atoms with Gasteiger partial charge in [0.25, 0.3) is 0 Å². The van der Waals surface area contributed by atoms with Gasteiger partial charge in [0.1, 0.15) is 17.7 Å². The average molecular weight is 495 g/mol. The molecule has 8 heteroatoms. The van der Waals surface area contributed by atoms with Crippen LogP contribution in [0, 0.1) is 5.82 Å². The molecule has 1 aliphatic heterocycles. The van der Waals surface area contributed by atoms with E-state index in [0.717, 1.165) is 11.1 Å². The molecule has 1 amide bonds. The van der Waals surface area contributed by atoms with Crippen molar-refractivity contribution in [3.63, 3.8) is 0 Å². The average Bonchev–Trinajstić information content (AvgIpc) is 2.83. The molecular formula is C27H28ClFN4O2. The van der Waals surface area contributed by atoms with Crippen LogP contribution in [0.1, 0.15) is 42.9 Å². The summed E-state index contributed by atoms with van der Waals surface area (Å²) in [5.74, 6) is -0.263. The number of anilines is 1. The number of halogens is 2. The Hall–Kier alpha value is -3.03. The number of aromatic nitrogens is 2. The van der Waals surface area contributed by atoms with Crippen molar-refractivity contribution in [3.8, 4) is 0 Å². The van der Waals surface area contributed by atoms with Crippen molar-refractivity contribution in [1.82, 2.24) is 14.9 Å². The fourth-order valence-corrected chi connectivity index (χ4v) is 5.74. The number of aliphatic hydroxyl groups is 1. The van der Waals surface area contributed by atoms with Gasteiger partial charge in [0.15, 0.2) is 5.82 Å². The van der Waals surface area contributed by atoms with Crippen LogP contribution in [0.2, 0.25) is 5.02 Å². The normalized spacial score (nSPS) is 22.6. The SMILES string of the molecule is C/C=C/C(=O)N1CCN(c2ncnc3c(F)c([C@H]4CC(C)(O)Cc5ccccc54)c(Cl)cc23)CC1. The number of carbonyl (C=O) groups excluding carboxylic acids is 1. The van der Waals surface area contributed by atoms with E-state index >= 15 is 4.39 Å². The van der Waals surface area contributed by atoms with Crippen molar-refractivity contribution < 1.29 is 14.3 Å². The minimum atomic E-state index is -0.968. The topological polar surface area (TPSA) is 69.6 Å².